The summed E-state index contributed by atoms with van der Waals surface area (Å²) in [6.45, 7) is 5.99. The van der Waals surface area contributed by atoms with Gasteiger partial charge in [-0.15, -0.1) is 10.2 Å². The van der Waals surface area contributed by atoms with Crippen LogP contribution in [0.3, 0.4) is 0 Å². The smallest absolute Gasteiger partial charge is 0.263 e. The van der Waals surface area contributed by atoms with Crippen LogP contribution in [-0.4, -0.2) is 22.7 Å². The van der Waals surface area contributed by atoms with Crippen molar-refractivity contribution in [3.8, 4) is 5.75 Å². The Labute approximate surface area is 158 Å². The van der Waals surface area contributed by atoms with E-state index >= 15 is 0 Å². The summed E-state index contributed by atoms with van der Waals surface area (Å²) in [5, 5.41) is 14.0. The summed E-state index contributed by atoms with van der Waals surface area (Å²) in [7, 11) is 0. The number of benzene rings is 2. The van der Waals surface area contributed by atoms with Gasteiger partial charge in [-0.2, -0.15) is 0 Å². The quantitative estimate of drug-likeness (QED) is 0.688. The average molecular weight is 362 g/mol. The van der Waals surface area contributed by atoms with Crippen LogP contribution in [-0.2, 0) is 4.79 Å². The SMILES string of the molecule is Cc1ccc(OCC(=O)Nc2ccc(Nc3cc(C)cc(C)c3)nn2)cc1. The molecular weight excluding hydrogens is 340 g/mol. The molecule has 0 aliphatic heterocycles. The van der Waals surface area contributed by atoms with Gasteiger partial charge in [0.1, 0.15) is 5.75 Å². The number of hydrogen-bond acceptors (Lipinski definition) is 5. The second-order valence-corrected chi connectivity index (χ2v) is 6.46. The van der Waals surface area contributed by atoms with E-state index in [1.54, 1.807) is 12.1 Å². The molecule has 0 fully saturated rings. The van der Waals surface area contributed by atoms with Gasteiger partial charge in [-0.3, -0.25) is 4.79 Å². The molecule has 1 heterocycles. The third-order valence-corrected chi connectivity index (χ3v) is 3.82. The molecule has 0 saturated carbocycles. The molecule has 0 saturated heterocycles. The number of ether oxygens (including phenoxy) is 1. The van der Waals surface area contributed by atoms with Gasteiger partial charge in [0.15, 0.2) is 18.2 Å². The number of carbonyl (C=O) groups excluding carboxylic acids is 1. The third-order valence-electron chi connectivity index (χ3n) is 3.82. The van der Waals surface area contributed by atoms with E-state index in [4.69, 9.17) is 4.74 Å². The van der Waals surface area contributed by atoms with Crippen molar-refractivity contribution < 1.29 is 9.53 Å². The summed E-state index contributed by atoms with van der Waals surface area (Å²) < 4.78 is 5.45. The maximum atomic E-state index is 12.0. The summed E-state index contributed by atoms with van der Waals surface area (Å²) in [5.74, 6) is 1.34. The van der Waals surface area contributed by atoms with E-state index < -0.39 is 0 Å². The predicted octanol–water partition coefficient (Wildman–Crippen LogP) is 4.16. The van der Waals surface area contributed by atoms with Crippen LogP contribution in [0.1, 0.15) is 16.7 Å². The summed E-state index contributed by atoms with van der Waals surface area (Å²) in [6, 6.07) is 17.2. The van der Waals surface area contributed by atoms with Crippen molar-refractivity contribution in [2.75, 3.05) is 17.2 Å². The fraction of sp³-hybridized carbons (Fsp3) is 0.190. The molecule has 0 aliphatic carbocycles. The minimum atomic E-state index is -0.292. The van der Waals surface area contributed by atoms with Gasteiger partial charge in [-0.05, 0) is 68.3 Å². The molecule has 0 atom stereocenters. The van der Waals surface area contributed by atoms with Crippen LogP contribution in [0.15, 0.2) is 54.6 Å². The van der Waals surface area contributed by atoms with Gasteiger partial charge in [0.25, 0.3) is 5.91 Å². The van der Waals surface area contributed by atoms with Crippen LogP contribution in [0.5, 0.6) is 5.75 Å². The summed E-state index contributed by atoms with van der Waals surface area (Å²) >= 11 is 0. The molecule has 2 aromatic carbocycles. The van der Waals surface area contributed by atoms with Gasteiger partial charge < -0.3 is 15.4 Å². The Bertz CT molecular complexity index is 902. The number of aromatic nitrogens is 2. The van der Waals surface area contributed by atoms with Crippen LogP contribution >= 0.6 is 0 Å². The van der Waals surface area contributed by atoms with Gasteiger partial charge >= 0.3 is 0 Å². The van der Waals surface area contributed by atoms with Crippen LogP contribution in [0.4, 0.5) is 17.3 Å². The highest BCUT2D eigenvalue weighted by Crippen LogP contribution is 2.18. The Balaban J connectivity index is 1.53. The molecule has 0 aliphatic rings. The first-order valence-electron chi connectivity index (χ1n) is 8.66. The molecule has 27 heavy (non-hydrogen) atoms. The Morgan fingerprint density at radius 2 is 1.48 bits per heavy atom. The lowest BCUT2D eigenvalue weighted by Gasteiger charge is -2.09. The maximum absolute atomic E-state index is 12.0. The molecule has 1 aromatic heterocycles. The third kappa shape index (κ3) is 5.54. The Morgan fingerprint density at radius 1 is 0.852 bits per heavy atom. The molecule has 0 unspecified atom stereocenters. The topological polar surface area (TPSA) is 76.1 Å². The summed E-state index contributed by atoms with van der Waals surface area (Å²) in [6.07, 6.45) is 0. The standard InChI is InChI=1S/C21H22N4O2/c1-14-4-6-18(7-5-14)27-13-21(26)23-20-9-8-19(24-25-20)22-17-11-15(2)10-16(3)12-17/h4-12H,13H2,1-3H3,(H,22,24)(H,23,25,26). The number of hydrogen-bond donors (Lipinski definition) is 2. The molecule has 6 nitrogen and oxygen atoms in total. The lowest BCUT2D eigenvalue weighted by Crippen LogP contribution is -2.21. The second-order valence-electron chi connectivity index (χ2n) is 6.46. The predicted molar refractivity (Wildman–Crippen MR) is 107 cm³/mol. The Kier molecular flexibility index (Phi) is 5.66. The van der Waals surface area contributed by atoms with Gasteiger partial charge in [0, 0.05) is 5.69 Å². The fourth-order valence-corrected chi connectivity index (χ4v) is 2.62. The van der Waals surface area contributed by atoms with Gasteiger partial charge in [-0.25, -0.2) is 0 Å². The minimum Gasteiger partial charge on any atom is -0.484 e. The number of anilines is 3. The van der Waals surface area contributed by atoms with E-state index in [1.807, 2.05) is 57.2 Å². The monoisotopic (exact) mass is 362 g/mol. The van der Waals surface area contributed by atoms with E-state index in [0.717, 1.165) is 11.3 Å². The van der Waals surface area contributed by atoms with Crippen molar-refractivity contribution in [1.29, 1.82) is 0 Å². The van der Waals surface area contributed by atoms with Crippen molar-refractivity contribution >= 4 is 23.2 Å². The van der Waals surface area contributed by atoms with Crippen LogP contribution in [0, 0.1) is 20.8 Å². The van der Waals surface area contributed by atoms with Crippen molar-refractivity contribution in [3.63, 3.8) is 0 Å². The van der Waals surface area contributed by atoms with E-state index in [0.29, 0.717) is 17.4 Å². The first kappa shape index (κ1) is 18.4. The molecule has 0 spiro atoms. The highest BCUT2D eigenvalue weighted by Gasteiger charge is 2.06. The zero-order valence-corrected chi connectivity index (χ0v) is 15.6. The molecule has 138 valence electrons. The molecule has 3 rings (SSSR count). The molecule has 1 amide bonds. The fourth-order valence-electron chi connectivity index (χ4n) is 2.62. The van der Waals surface area contributed by atoms with Crippen molar-refractivity contribution in [3.05, 3.63) is 71.3 Å². The van der Waals surface area contributed by atoms with E-state index in [2.05, 4.69) is 26.9 Å². The highest BCUT2D eigenvalue weighted by molar-refractivity contribution is 5.90. The molecule has 3 aromatic rings. The zero-order valence-electron chi connectivity index (χ0n) is 15.6. The molecule has 0 radical (unpaired) electrons. The van der Waals surface area contributed by atoms with Crippen LogP contribution < -0.4 is 15.4 Å². The van der Waals surface area contributed by atoms with Crippen LogP contribution in [0.2, 0.25) is 0 Å². The largest absolute Gasteiger partial charge is 0.484 e. The van der Waals surface area contributed by atoms with E-state index in [1.165, 1.54) is 11.1 Å². The minimum absolute atomic E-state index is 0.0900. The number of nitrogens with one attached hydrogen (secondary N) is 2. The molecule has 0 bridgehead atoms. The molecular formula is C21H22N4O2. The average Bonchev–Trinajstić information content (AvgIpc) is 2.62. The van der Waals surface area contributed by atoms with Crippen LogP contribution in [0.25, 0.3) is 0 Å². The van der Waals surface area contributed by atoms with Crippen molar-refractivity contribution in [1.82, 2.24) is 10.2 Å². The number of carbonyl (C=O) groups is 1. The lowest BCUT2D eigenvalue weighted by atomic mass is 10.1. The van der Waals surface area contributed by atoms with Gasteiger partial charge in [-0.1, -0.05) is 23.8 Å². The molecule has 6 heteroatoms. The first-order valence-corrected chi connectivity index (χ1v) is 8.66. The molecule has 2 N–H and O–H groups in total. The number of aryl methyl sites for hydroxylation is 3. The van der Waals surface area contributed by atoms with Gasteiger partial charge in [0.2, 0.25) is 0 Å². The van der Waals surface area contributed by atoms with Gasteiger partial charge in [0.05, 0.1) is 0 Å². The number of rotatable bonds is 6. The number of amides is 1. The first-order chi connectivity index (χ1) is 13.0. The normalized spacial score (nSPS) is 10.3. The van der Waals surface area contributed by atoms with E-state index in [9.17, 15) is 4.79 Å². The van der Waals surface area contributed by atoms with Crippen molar-refractivity contribution in [2.24, 2.45) is 0 Å². The lowest BCUT2D eigenvalue weighted by molar-refractivity contribution is -0.118. The Morgan fingerprint density at radius 3 is 2.11 bits per heavy atom. The van der Waals surface area contributed by atoms with E-state index in [-0.39, 0.29) is 12.5 Å². The Hall–Kier alpha value is -3.41. The number of nitrogens with zero attached hydrogens (tertiary/aromatic N) is 2. The summed E-state index contributed by atoms with van der Waals surface area (Å²) in [5.41, 5.74) is 4.42. The summed E-state index contributed by atoms with van der Waals surface area (Å²) in [4.78, 5) is 12.0. The zero-order chi connectivity index (χ0) is 19.2. The van der Waals surface area contributed by atoms with Crippen molar-refractivity contribution in [2.45, 2.75) is 20.8 Å². The second kappa shape index (κ2) is 8.31. The highest BCUT2D eigenvalue weighted by atomic mass is 16.5. The maximum Gasteiger partial charge on any atom is 0.263 e.